The van der Waals surface area contributed by atoms with Crippen molar-refractivity contribution in [2.24, 2.45) is 5.92 Å². The van der Waals surface area contributed by atoms with Crippen molar-refractivity contribution in [1.29, 1.82) is 0 Å². The second-order valence-electron chi connectivity index (χ2n) is 5.57. The van der Waals surface area contributed by atoms with Crippen molar-refractivity contribution >= 4 is 23.5 Å². The van der Waals surface area contributed by atoms with Gasteiger partial charge in [-0.3, -0.25) is 9.59 Å². The van der Waals surface area contributed by atoms with Gasteiger partial charge >= 0.3 is 5.97 Å². The standard InChI is InChI=1S/C17H20ClN3O3/c1-3-6-12(17(23)24)10-19-16(22)14-9-11(2)21(20-14)15-8-5-4-7-13(15)18/h4-5,7-9,12H,3,6,10H2,1-2H3,(H,19,22)(H,23,24). The number of rotatable bonds is 7. The molecule has 1 aromatic heterocycles. The molecule has 0 bridgehead atoms. The highest BCUT2D eigenvalue weighted by Crippen LogP contribution is 2.21. The maximum atomic E-state index is 12.2. The summed E-state index contributed by atoms with van der Waals surface area (Å²) in [6.45, 7) is 3.82. The number of carbonyl (C=O) groups is 2. The number of carboxylic acids is 1. The number of nitrogens with zero attached hydrogens (tertiary/aromatic N) is 2. The van der Waals surface area contributed by atoms with E-state index >= 15 is 0 Å². The number of hydrogen-bond acceptors (Lipinski definition) is 3. The number of amides is 1. The molecule has 2 rings (SSSR count). The van der Waals surface area contributed by atoms with Crippen LogP contribution in [-0.4, -0.2) is 33.3 Å². The second-order valence-corrected chi connectivity index (χ2v) is 5.98. The molecule has 2 N–H and O–H groups in total. The Morgan fingerprint density at radius 3 is 2.71 bits per heavy atom. The molecule has 1 atom stereocenters. The summed E-state index contributed by atoms with van der Waals surface area (Å²) in [5.74, 6) is -1.90. The number of hydrogen-bond donors (Lipinski definition) is 2. The van der Waals surface area contributed by atoms with Crippen molar-refractivity contribution in [2.75, 3.05) is 6.54 Å². The summed E-state index contributed by atoms with van der Waals surface area (Å²) < 4.78 is 1.60. The predicted molar refractivity (Wildman–Crippen MR) is 91.7 cm³/mol. The van der Waals surface area contributed by atoms with Crippen molar-refractivity contribution in [1.82, 2.24) is 15.1 Å². The summed E-state index contributed by atoms with van der Waals surface area (Å²) in [7, 11) is 0. The number of nitrogens with one attached hydrogen (secondary N) is 1. The summed E-state index contributed by atoms with van der Waals surface area (Å²) in [5.41, 5.74) is 1.68. The Labute approximate surface area is 145 Å². The molecule has 24 heavy (non-hydrogen) atoms. The third-order valence-corrected chi connectivity index (χ3v) is 4.02. The molecule has 2 aromatic rings. The van der Waals surface area contributed by atoms with Gasteiger partial charge in [0.1, 0.15) is 0 Å². The van der Waals surface area contributed by atoms with Gasteiger partial charge in [-0.15, -0.1) is 0 Å². The Hall–Kier alpha value is -2.34. The van der Waals surface area contributed by atoms with Crippen LogP contribution in [0.25, 0.3) is 5.69 Å². The third-order valence-electron chi connectivity index (χ3n) is 3.70. The van der Waals surface area contributed by atoms with Gasteiger partial charge in [-0.2, -0.15) is 5.10 Å². The molecule has 1 amide bonds. The summed E-state index contributed by atoms with van der Waals surface area (Å²) in [6.07, 6.45) is 1.26. The molecular formula is C17H20ClN3O3. The zero-order valence-electron chi connectivity index (χ0n) is 13.6. The van der Waals surface area contributed by atoms with Crippen LogP contribution >= 0.6 is 11.6 Å². The van der Waals surface area contributed by atoms with E-state index in [-0.39, 0.29) is 12.2 Å². The van der Waals surface area contributed by atoms with Crippen molar-refractivity contribution in [3.05, 3.63) is 46.7 Å². The van der Waals surface area contributed by atoms with Crippen LogP contribution in [-0.2, 0) is 4.79 Å². The first-order valence-corrected chi connectivity index (χ1v) is 8.14. The molecule has 1 unspecified atom stereocenters. The normalized spacial score (nSPS) is 12.0. The van der Waals surface area contributed by atoms with Crippen LogP contribution in [0.5, 0.6) is 0 Å². The highest BCUT2D eigenvalue weighted by molar-refractivity contribution is 6.32. The first-order chi connectivity index (χ1) is 11.4. The molecule has 0 saturated carbocycles. The Morgan fingerprint density at radius 1 is 1.38 bits per heavy atom. The van der Waals surface area contributed by atoms with E-state index in [4.69, 9.17) is 16.7 Å². The molecule has 6 nitrogen and oxygen atoms in total. The molecule has 7 heteroatoms. The fourth-order valence-corrected chi connectivity index (χ4v) is 2.64. The molecule has 0 fully saturated rings. The Kier molecular flexibility index (Phi) is 5.98. The van der Waals surface area contributed by atoms with Crippen LogP contribution in [0, 0.1) is 12.8 Å². The first kappa shape index (κ1) is 18.0. The molecule has 0 aliphatic rings. The quantitative estimate of drug-likeness (QED) is 0.804. The van der Waals surface area contributed by atoms with Crippen LogP contribution < -0.4 is 5.32 Å². The van der Waals surface area contributed by atoms with Gasteiger partial charge < -0.3 is 10.4 Å². The second kappa shape index (κ2) is 7.97. The van der Waals surface area contributed by atoms with Crippen molar-refractivity contribution in [3.63, 3.8) is 0 Å². The molecule has 0 saturated heterocycles. The maximum absolute atomic E-state index is 12.2. The lowest BCUT2D eigenvalue weighted by Crippen LogP contribution is -2.33. The highest BCUT2D eigenvalue weighted by Gasteiger charge is 2.19. The van der Waals surface area contributed by atoms with Crippen LogP contribution in [0.2, 0.25) is 5.02 Å². The Bertz CT molecular complexity index is 742. The third kappa shape index (κ3) is 4.14. The minimum Gasteiger partial charge on any atom is -0.481 e. The number of aromatic nitrogens is 2. The fourth-order valence-electron chi connectivity index (χ4n) is 2.42. The largest absolute Gasteiger partial charge is 0.481 e. The van der Waals surface area contributed by atoms with Crippen LogP contribution in [0.1, 0.15) is 35.9 Å². The van der Waals surface area contributed by atoms with E-state index in [0.29, 0.717) is 17.1 Å². The first-order valence-electron chi connectivity index (χ1n) is 7.76. The number of para-hydroxylation sites is 1. The molecule has 0 aliphatic carbocycles. The van der Waals surface area contributed by atoms with Crippen LogP contribution in [0.4, 0.5) is 0 Å². The Morgan fingerprint density at radius 2 is 2.08 bits per heavy atom. The van der Waals surface area contributed by atoms with Crippen molar-refractivity contribution in [3.8, 4) is 5.69 Å². The molecule has 0 aliphatic heterocycles. The number of carboxylic acid groups (broad SMARTS) is 1. The number of carbonyl (C=O) groups excluding carboxylic acids is 1. The van der Waals surface area contributed by atoms with Gasteiger partial charge in [-0.05, 0) is 31.5 Å². The summed E-state index contributed by atoms with van der Waals surface area (Å²) in [4.78, 5) is 23.4. The van der Waals surface area contributed by atoms with Gasteiger partial charge in [0.05, 0.1) is 16.6 Å². The fraction of sp³-hybridized carbons (Fsp3) is 0.353. The van der Waals surface area contributed by atoms with E-state index < -0.39 is 17.8 Å². The summed E-state index contributed by atoms with van der Waals surface area (Å²) in [5, 5.41) is 16.6. The zero-order chi connectivity index (χ0) is 17.7. The monoisotopic (exact) mass is 349 g/mol. The maximum Gasteiger partial charge on any atom is 0.308 e. The highest BCUT2D eigenvalue weighted by atomic mass is 35.5. The van der Waals surface area contributed by atoms with Gasteiger partial charge in [-0.25, -0.2) is 4.68 Å². The van der Waals surface area contributed by atoms with Crippen LogP contribution in [0.3, 0.4) is 0 Å². The van der Waals surface area contributed by atoms with Crippen molar-refractivity contribution in [2.45, 2.75) is 26.7 Å². The van der Waals surface area contributed by atoms with Gasteiger partial charge in [0.25, 0.3) is 5.91 Å². The molecule has 128 valence electrons. The minimum atomic E-state index is -0.907. The average molecular weight is 350 g/mol. The summed E-state index contributed by atoms with van der Waals surface area (Å²) >= 11 is 6.17. The smallest absolute Gasteiger partial charge is 0.308 e. The summed E-state index contributed by atoms with van der Waals surface area (Å²) in [6, 6.07) is 8.86. The lowest BCUT2D eigenvalue weighted by atomic mass is 10.0. The van der Waals surface area contributed by atoms with E-state index in [0.717, 1.165) is 12.1 Å². The number of halogens is 1. The van der Waals surface area contributed by atoms with E-state index in [2.05, 4.69) is 10.4 Å². The predicted octanol–water partition coefficient (Wildman–Crippen LogP) is 3.06. The van der Waals surface area contributed by atoms with Gasteiger partial charge in [-0.1, -0.05) is 37.1 Å². The average Bonchev–Trinajstić information content (AvgIpc) is 2.93. The lowest BCUT2D eigenvalue weighted by Gasteiger charge is -2.11. The van der Waals surface area contributed by atoms with E-state index in [1.165, 1.54) is 0 Å². The molecule has 1 heterocycles. The molecule has 1 aromatic carbocycles. The van der Waals surface area contributed by atoms with Gasteiger partial charge in [0, 0.05) is 12.2 Å². The minimum absolute atomic E-state index is 0.0833. The number of benzene rings is 1. The van der Waals surface area contributed by atoms with E-state index in [1.54, 1.807) is 16.8 Å². The molecular weight excluding hydrogens is 330 g/mol. The van der Waals surface area contributed by atoms with Gasteiger partial charge in [0.15, 0.2) is 5.69 Å². The lowest BCUT2D eigenvalue weighted by molar-refractivity contribution is -0.141. The SMILES string of the molecule is CCCC(CNC(=O)c1cc(C)n(-c2ccccc2Cl)n1)C(=O)O. The van der Waals surface area contributed by atoms with E-state index in [9.17, 15) is 9.59 Å². The van der Waals surface area contributed by atoms with E-state index in [1.807, 2.05) is 32.0 Å². The zero-order valence-corrected chi connectivity index (χ0v) is 14.4. The number of aliphatic carboxylic acids is 1. The van der Waals surface area contributed by atoms with Crippen LogP contribution in [0.15, 0.2) is 30.3 Å². The Balaban J connectivity index is 2.13. The molecule has 0 spiro atoms. The topological polar surface area (TPSA) is 84.2 Å². The van der Waals surface area contributed by atoms with Crippen molar-refractivity contribution < 1.29 is 14.7 Å². The molecule has 0 radical (unpaired) electrons. The van der Waals surface area contributed by atoms with Gasteiger partial charge in [0.2, 0.25) is 0 Å². The number of aryl methyl sites for hydroxylation is 1.